The van der Waals surface area contributed by atoms with Gasteiger partial charge in [0.1, 0.15) is 0 Å². The van der Waals surface area contributed by atoms with Gasteiger partial charge in [0, 0.05) is 36.3 Å². The Morgan fingerprint density at radius 1 is 1.38 bits per heavy atom. The zero-order chi connectivity index (χ0) is 15.4. The molecule has 5 nitrogen and oxygen atoms in total. The second-order valence-corrected chi connectivity index (χ2v) is 6.08. The lowest BCUT2D eigenvalue weighted by Crippen LogP contribution is -2.42. The summed E-state index contributed by atoms with van der Waals surface area (Å²) in [4.78, 5) is 13.3. The summed E-state index contributed by atoms with van der Waals surface area (Å²) < 4.78 is 0. The number of nitro groups is 1. The van der Waals surface area contributed by atoms with Gasteiger partial charge in [-0.15, -0.1) is 0 Å². The van der Waals surface area contributed by atoms with Gasteiger partial charge in [-0.3, -0.25) is 15.0 Å². The third-order valence-corrected chi connectivity index (χ3v) is 4.34. The summed E-state index contributed by atoms with van der Waals surface area (Å²) in [7, 11) is 0. The number of benzene rings is 1. The van der Waals surface area contributed by atoms with Crippen LogP contribution in [0.25, 0.3) is 0 Å². The number of rotatable bonds is 6. The number of hydrogen-bond donors (Lipinski definition) is 1. The Kier molecular flexibility index (Phi) is 5.31. The minimum absolute atomic E-state index is 0.0361. The van der Waals surface area contributed by atoms with Crippen LogP contribution in [-0.4, -0.2) is 35.0 Å². The molecule has 0 spiro atoms. The van der Waals surface area contributed by atoms with Crippen molar-refractivity contribution >= 4 is 5.69 Å². The smallest absolute Gasteiger partial charge is 0.274 e. The molecule has 2 atom stereocenters. The molecule has 2 rings (SSSR count). The maximum Gasteiger partial charge on any atom is 0.274 e. The standard InChI is InChI=1S/C16H25N3O2/c1-12(2)18(11-14-7-6-10-17-14)13(3)15-8-4-5-9-16(15)19(20)21/h4-5,8-9,12-14,17H,6-7,10-11H2,1-3H3. The first kappa shape index (κ1) is 15.9. The third-order valence-electron chi connectivity index (χ3n) is 4.34. The van der Waals surface area contributed by atoms with E-state index in [0.717, 1.165) is 18.7 Å². The van der Waals surface area contributed by atoms with Crippen molar-refractivity contribution < 1.29 is 4.92 Å². The Balaban J connectivity index is 2.21. The lowest BCUT2D eigenvalue weighted by molar-refractivity contribution is -0.386. The molecule has 1 saturated heterocycles. The summed E-state index contributed by atoms with van der Waals surface area (Å²) >= 11 is 0. The molecule has 1 aliphatic rings. The summed E-state index contributed by atoms with van der Waals surface area (Å²) in [6.45, 7) is 8.39. The lowest BCUT2D eigenvalue weighted by atomic mass is 10.0. The Bertz CT molecular complexity index is 484. The van der Waals surface area contributed by atoms with Crippen molar-refractivity contribution in [1.29, 1.82) is 0 Å². The average molecular weight is 291 g/mol. The molecule has 0 aromatic heterocycles. The number of nitro benzene ring substituents is 1. The van der Waals surface area contributed by atoms with Gasteiger partial charge in [-0.25, -0.2) is 0 Å². The van der Waals surface area contributed by atoms with E-state index in [4.69, 9.17) is 0 Å². The predicted octanol–water partition coefficient (Wildman–Crippen LogP) is 3.12. The summed E-state index contributed by atoms with van der Waals surface area (Å²) in [6, 6.07) is 7.96. The van der Waals surface area contributed by atoms with Crippen molar-refractivity contribution in [3.8, 4) is 0 Å². The van der Waals surface area contributed by atoms with Gasteiger partial charge in [-0.05, 0) is 40.2 Å². The van der Waals surface area contributed by atoms with E-state index in [1.165, 1.54) is 12.8 Å². The van der Waals surface area contributed by atoms with Crippen LogP contribution in [0.15, 0.2) is 24.3 Å². The Hall–Kier alpha value is -1.46. The first-order chi connectivity index (χ1) is 10.0. The second-order valence-electron chi connectivity index (χ2n) is 6.08. The van der Waals surface area contributed by atoms with Gasteiger partial charge in [0.25, 0.3) is 5.69 Å². The molecular weight excluding hydrogens is 266 g/mol. The Morgan fingerprint density at radius 3 is 2.67 bits per heavy atom. The second kappa shape index (κ2) is 7.00. The van der Waals surface area contributed by atoms with Crippen LogP contribution in [0.3, 0.4) is 0 Å². The van der Waals surface area contributed by atoms with E-state index in [1.54, 1.807) is 12.1 Å². The van der Waals surface area contributed by atoms with Crippen LogP contribution in [0.5, 0.6) is 0 Å². The van der Waals surface area contributed by atoms with E-state index >= 15 is 0 Å². The first-order valence-corrected chi connectivity index (χ1v) is 7.73. The highest BCUT2D eigenvalue weighted by molar-refractivity contribution is 5.41. The molecule has 1 heterocycles. The van der Waals surface area contributed by atoms with Crippen molar-refractivity contribution in [1.82, 2.24) is 10.2 Å². The number of nitrogens with zero attached hydrogens (tertiary/aromatic N) is 2. The molecule has 21 heavy (non-hydrogen) atoms. The summed E-state index contributed by atoms with van der Waals surface area (Å²) in [6.07, 6.45) is 2.41. The molecule has 1 fully saturated rings. The fraction of sp³-hybridized carbons (Fsp3) is 0.625. The van der Waals surface area contributed by atoms with Gasteiger partial charge in [0.2, 0.25) is 0 Å². The normalized spacial score (nSPS) is 20.1. The van der Waals surface area contributed by atoms with Gasteiger partial charge in [0.15, 0.2) is 0 Å². The van der Waals surface area contributed by atoms with Crippen molar-refractivity contribution in [2.75, 3.05) is 13.1 Å². The van der Waals surface area contributed by atoms with Crippen LogP contribution >= 0.6 is 0 Å². The molecule has 2 unspecified atom stereocenters. The molecule has 1 aromatic rings. The van der Waals surface area contributed by atoms with Crippen molar-refractivity contribution in [2.45, 2.75) is 51.7 Å². The summed E-state index contributed by atoms with van der Waals surface area (Å²) in [5.41, 5.74) is 1.02. The quantitative estimate of drug-likeness (QED) is 0.646. The number of nitrogens with one attached hydrogen (secondary N) is 1. The zero-order valence-electron chi connectivity index (χ0n) is 13.1. The van der Waals surface area contributed by atoms with E-state index in [1.807, 2.05) is 12.1 Å². The van der Waals surface area contributed by atoms with Gasteiger partial charge < -0.3 is 5.32 Å². The molecule has 1 aromatic carbocycles. The van der Waals surface area contributed by atoms with E-state index in [-0.39, 0.29) is 16.7 Å². The summed E-state index contributed by atoms with van der Waals surface area (Å²) in [5, 5.41) is 14.7. The lowest BCUT2D eigenvalue weighted by Gasteiger charge is -2.34. The fourth-order valence-electron chi connectivity index (χ4n) is 3.17. The molecule has 0 saturated carbocycles. The highest BCUT2D eigenvalue weighted by Gasteiger charge is 2.28. The fourth-order valence-corrected chi connectivity index (χ4v) is 3.17. The van der Waals surface area contributed by atoms with E-state index in [9.17, 15) is 10.1 Å². The van der Waals surface area contributed by atoms with Crippen LogP contribution in [-0.2, 0) is 0 Å². The predicted molar refractivity (Wildman–Crippen MR) is 84.4 cm³/mol. The van der Waals surface area contributed by atoms with Crippen molar-refractivity contribution in [2.24, 2.45) is 0 Å². The zero-order valence-corrected chi connectivity index (χ0v) is 13.1. The minimum Gasteiger partial charge on any atom is -0.313 e. The van der Waals surface area contributed by atoms with Gasteiger partial charge in [-0.1, -0.05) is 18.2 Å². The average Bonchev–Trinajstić information content (AvgIpc) is 2.96. The monoisotopic (exact) mass is 291 g/mol. The molecule has 0 aliphatic carbocycles. The topological polar surface area (TPSA) is 58.4 Å². The molecular formula is C16H25N3O2. The van der Waals surface area contributed by atoms with Crippen LogP contribution < -0.4 is 5.32 Å². The van der Waals surface area contributed by atoms with Gasteiger partial charge in [-0.2, -0.15) is 0 Å². The van der Waals surface area contributed by atoms with Crippen LogP contribution in [0, 0.1) is 10.1 Å². The van der Waals surface area contributed by atoms with Crippen molar-refractivity contribution in [3.05, 3.63) is 39.9 Å². The molecule has 5 heteroatoms. The number of para-hydroxylation sites is 1. The highest BCUT2D eigenvalue weighted by Crippen LogP contribution is 2.30. The van der Waals surface area contributed by atoms with Gasteiger partial charge >= 0.3 is 0 Å². The summed E-state index contributed by atoms with van der Waals surface area (Å²) in [5.74, 6) is 0. The first-order valence-electron chi connectivity index (χ1n) is 7.73. The van der Waals surface area contributed by atoms with Crippen LogP contribution in [0.4, 0.5) is 5.69 Å². The van der Waals surface area contributed by atoms with E-state index in [2.05, 4.69) is 31.0 Å². The largest absolute Gasteiger partial charge is 0.313 e. The van der Waals surface area contributed by atoms with Crippen molar-refractivity contribution in [3.63, 3.8) is 0 Å². The molecule has 0 bridgehead atoms. The molecule has 1 N–H and O–H groups in total. The third kappa shape index (κ3) is 3.80. The SMILES string of the molecule is CC(C)N(CC1CCCN1)C(C)c1ccccc1[N+](=O)[O-]. The van der Waals surface area contributed by atoms with Crippen LogP contribution in [0.2, 0.25) is 0 Å². The maximum absolute atomic E-state index is 11.2. The minimum atomic E-state index is -0.280. The Labute approximate surface area is 126 Å². The number of hydrogen-bond acceptors (Lipinski definition) is 4. The van der Waals surface area contributed by atoms with E-state index < -0.39 is 0 Å². The molecule has 0 amide bonds. The molecule has 1 aliphatic heterocycles. The molecule has 116 valence electrons. The highest BCUT2D eigenvalue weighted by atomic mass is 16.6. The van der Waals surface area contributed by atoms with Gasteiger partial charge in [0.05, 0.1) is 4.92 Å². The Morgan fingerprint density at radius 2 is 2.10 bits per heavy atom. The molecule has 0 radical (unpaired) electrons. The maximum atomic E-state index is 11.2. The van der Waals surface area contributed by atoms with E-state index in [0.29, 0.717) is 12.1 Å². The van der Waals surface area contributed by atoms with Crippen LogP contribution in [0.1, 0.15) is 45.2 Å².